The average Bonchev–Trinajstić information content (AvgIpc) is 1.88. The van der Waals surface area contributed by atoms with Crippen LogP contribution in [0.1, 0.15) is 0 Å². The SMILES string of the molecule is N[S+](O)c1ccccc1F. The Morgan fingerprint density at radius 2 is 2.00 bits per heavy atom. The monoisotopic (exact) mass is 160 g/mol. The van der Waals surface area contributed by atoms with E-state index in [0.717, 1.165) is 0 Å². The summed E-state index contributed by atoms with van der Waals surface area (Å²) in [5.41, 5.74) is 0. The van der Waals surface area contributed by atoms with Gasteiger partial charge in [-0.25, -0.2) is 4.39 Å². The first-order valence-corrected chi connectivity index (χ1v) is 3.88. The van der Waals surface area contributed by atoms with Crippen LogP contribution >= 0.6 is 0 Å². The van der Waals surface area contributed by atoms with Crippen LogP contribution in [0.5, 0.6) is 0 Å². The van der Waals surface area contributed by atoms with Crippen LogP contribution in [-0.4, -0.2) is 4.55 Å². The minimum atomic E-state index is -1.47. The van der Waals surface area contributed by atoms with Crippen LogP contribution in [0.4, 0.5) is 4.39 Å². The molecule has 0 amide bonds. The molecule has 0 aliphatic heterocycles. The minimum absolute atomic E-state index is 0.155. The van der Waals surface area contributed by atoms with Gasteiger partial charge < -0.3 is 0 Å². The Balaban J connectivity index is 3.03. The fourth-order valence-electron chi connectivity index (χ4n) is 0.614. The first-order chi connectivity index (χ1) is 4.72. The molecule has 0 saturated carbocycles. The first-order valence-electron chi connectivity index (χ1n) is 2.64. The molecule has 0 aliphatic carbocycles. The average molecular weight is 160 g/mol. The van der Waals surface area contributed by atoms with Crippen molar-refractivity contribution in [3.05, 3.63) is 30.1 Å². The number of rotatable bonds is 1. The molecule has 0 fully saturated rings. The zero-order chi connectivity index (χ0) is 7.56. The molecule has 0 heterocycles. The van der Waals surface area contributed by atoms with E-state index in [1.54, 1.807) is 12.1 Å². The van der Waals surface area contributed by atoms with Gasteiger partial charge in [-0.05, 0) is 6.07 Å². The summed E-state index contributed by atoms with van der Waals surface area (Å²) in [6.45, 7) is 0. The van der Waals surface area contributed by atoms with E-state index in [1.165, 1.54) is 12.1 Å². The lowest BCUT2D eigenvalue weighted by Gasteiger charge is -1.91. The molecule has 0 aliphatic rings. The Morgan fingerprint density at radius 3 is 2.40 bits per heavy atom. The fourth-order valence-corrected chi connectivity index (χ4v) is 1.10. The number of hydrogen-bond acceptors (Lipinski definition) is 2. The van der Waals surface area contributed by atoms with Crippen molar-refractivity contribution in [1.29, 1.82) is 0 Å². The lowest BCUT2D eigenvalue weighted by Crippen LogP contribution is -2.13. The predicted molar refractivity (Wildman–Crippen MR) is 38.8 cm³/mol. The maximum atomic E-state index is 12.6. The summed E-state index contributed by atoms with van der Waals surface area (Å²) >= 11 is -1.47. The van der Waals surface area contributed by atoms with Crippen LogP contribution < -0.4 is 5.14 Å². The van der Waals surface area contributed by atoms with Gasteiger partial charge in [0.2, 0.25) is 4.90 Å². The minimum Gasteiger partial charge on any atom is -0.201 e. The maximum absolute atomic E-state index is 12.6. The molecule has 0 radical (unpaired) electrons. The number of halogens is 1. The Bertz CT molecular complexity index is 229. The zero-order valence-electron chi connectivity index (χ0n) is 5.12. The van der Waals surface area contributed by atoms with Gasteiger partial charge in [0.05, 0.1) is 0 Å². The standard InChI is InChI=1S/C6H7FNOS/c7-5-3-1-2-4-6(5)10(8)9/h1-4,9H,8H2/q+1. The summed E-state index contributed by atoms with van der Waals surface area (Å²) in [4.78, 5) is 0.155. The quantitative estimate of drug-likeness (QED) is 0.605. The molecule has 0 bridgehead atoms. The molecule has 0 saturated heterocycles. The van der Waals surface area contributed by atoms with Gasteiger partial charge in [-0.2, -0.15) is 4.55 Å². The van der Waals surface area contributed by atoms with E-state index in [9.17, 15) is 4.39 Å². The smallest absolute Gasteiger partial charge is 0.201 e. The van der Waals surface area contributed by atoms with Gasteiger partial charge in [-0.3, -0.25) is 0 Å². The fraction of sp³-hybridized carbons (Fsp3) is 0. The summed E-state index contributed by atoms with van der Waals surface area (Å²) in [5.74, 6) is -0.462. The van der Waals surface area contributed by atoms with Gasteiger partial charge in [-0.15, -0.1) is 5.14 Å². The highest BCUT2D eigenvalue weighted by molar-refractivity contribution is 7.89. The highest BCUT2D eigenvalue weighted by atomic mass is 32.2. The molecule has 0 spiro atoms. The van der Waals surface area contributed by atoms with Crippen LogP contribution in [0.15, 0.2) is 29.2 Å². The summed E-state index contributed by atoms with van der Waals surface area (Å²) in [6.07, 6.45) is 0. The number of nitrogens with two attached hydrogens (primary N) is 1. The molecule has 2 nitrogen and oxygen atoms in total. The second-order valence-corrected chi connectivity index (χ2v) is 2.81. The van der Waals surface area contributed by atoms with E-state index in [4.69, 9.17) is 9.69 Å². The number of benzene rings is 1. The molecule has 1 rings (SSSR count). The summed E-state index contributed by atoms with van der Waals surface area (Å²) in [6, 6.07) is 5.89. The molecule has 1 aromatic rings. The highest BCUT2D eigenvalue weighted by Crippen LogP contribution is 2.10. The second-order valence-electron chi connectivity index (χ2n) is 1.74. The van der Waals surface area contributed by atoms with Crippen LogP contribution in [0.2, 0.25) is 0 Å². The van der Waals surface area contributed by atoms with Crippen molar-refractivity contribution < 1.29 is 8.94 Å². The van der Waals surface area contributed by atoms with Crippen LogP contribution in [0, 0.1) is 5.82 Å². The summed E-state index contributed by atoms with van der Waals surface area (Å²) < 4.78 is 21.4. The molecule has 1 unspecified atom stereocenters. The van der Waals surface area contributed by atoms with Crippen LogP contribution in [-0.2, 0) is 11.4 Å². The third kappa shape index (κ3) is 1.47. The number of hydrogen-bond donors (Lipinski definition) is 2. The molecule has 10 heavy (non-hydrogen) atoms. The van der Waals surface area contributed by atoms with Gasteiger partial charge in [0.15, 0.2) is 5.82 Å². The highest BCUT2D eigenvalue weighted by Gasteiger charge is 2.18. The third-order valence-electron chi connectivity index (χ3n) is 1.06. The lowest BCUT2D eigenvalue weighted by molar-refractivity contribution is 0.583. The van der Waals surface area contributed by atoms with Gasteiger partial charge >= 0.3 is 0 Å². The zero-order valence-corrected chi connectivity index (χ0v) is 5.94. The van der Waals surface area contributed by atoms with E-state index >= 15 is 0 Å². The summed E-state index contributed by atoms with van der Waals surface area (Å²) in [5, 5.41) is 5.06. The molecule has 4 heteroatoms. The predicted octanol–water partition coefficient (Wildman–Crippen LogP) is 1.15. The van der Waals surface area contributed by atoms with Crippen LogP contribution in [0.3, 0.4) is 0 Å². The summed E-state index contributed by atoms with van der Waals surface area (Å²) in [7, 11) is 0. The van der Waals surface area contributed by atoms with Crippen molar-refractivity contribution in [2.45, 2.75) is 4.90 Å². The van der Waals surface area contributed by atoms with Crippen molar-refractivity contribution in [1.82, 2.24) is 0 Å². The molecule has 1 aromatic carbocycles. The van der Waals surface area contributed by atoms with Gasteiger partial charge in [0.1, 0.15) is 0 Å². The Hall–Kier alpha value is -0.580. The van der Waals surface area contributed by atoms with Crippen molar-refractivity contribution in [2.24, 2.45) is 5.14 Å². The Kier molecular flexibility index (Phi) is 2.26. The molecule has 54 valence electrons. The second kappa shape index (κ2) is 3.01. The van der Waals surface area contributed by atoms with Gasteiger partial charge in [0, 0.05) is 6.07 Å². The van der Waals surface area contributed by atoms with Gasteiger partial charge in [-0.1, -0.05) is 12.1 Å². The normalized spacial score (nSPS) is 13.1. The molecule has 3 N–H and O–H groups in total. The maximum Gasteiger partial charge on any atom is 0.275 e. The van der Waals surface area contributed by atoms with E-state index in [2.05, 4.69) is 0 Å². The molecular weight excluding hydrogens is 153 g/mol. The van der Waals surface area contributed by atoms with Crippen LogP contribution in [0.25, 0.3) is 0 Å². The van der Waals surface area contributed by atoms with E-state index in [1.807, 2.05) is 0 Å². The van der Waals surface area contributed by atoms with E-state index < -0.39 is 17.2 Å². The lowest BCUT2D eigenvalue weighted by atomic mass is 10.4. The van der Waals surface area contributed by atoms with Crippen molar-refractivity contribution in [2.75, 3.05) is 0 Å². The topological polar surface area (TPSA) is 46.2 Å². The first kappa shape index (κ1) is 7.53. The van der Waals surface area contributed by atoms with Gasteiger partial charge in [0.25, 0.3) is 11.4 Å². The molecule has 0 aromatic heterocycles. The molecule has 1 atom stereocenters. The van der Waals surface area contributed by atoms with E-state index in [0.29, 0.717) is 0 Å². The Labute approximate surface area is 61.2 Å². The largest absolute Gasteiger partial charge is 0.275 e. The third-order valence-corrected chi connectivity index (χ3v) is 1.84. The van der Waals surface area contributed by atoms with E-state index in [-0.39, 0.29) is 4.90 Å². The van der Waals surface area contributed by atoms with Crippen molar-refractivity contribution >= 4 is 11.4 Å². The Morgan fingerprint density at radius 1 is 1.40 bits per heavy atom. The van der Waals surface area contributed by atoms with Crippen molar-refractivity contribution in [3.8, 4) is 0 Å². The molecular formula is C6H7FNOS+. The van der Waals surface area contributed by atoms with Crippen molar-refractivity contribution in [3.63, 3.8) is 0 Å².